The number of rotatable bonds is 8. The zero-order valence-electron chi connectivity index (χ0n) is 18.2. The van der Waals surface area contributed by atoms with Gasteiger partial charge in [-0.1, -0.05) is 32.9 Å². The number of ether oxygens (including phenoxy) is 1. The van der Waals surface area contributed by atoms with Crippen LogP contribution in [0.15, 0.2) is 18.2 Å². The number of amides is 1. The molecule has 0 radical (unpaired) electrons. The number of hydrogen-bond acceptors (Lipinski definition) is 4. The molecule has 28 heavy (non-hydrogen) atoms. The van der Waals surface area contributed by atoms with Gasteiger partial charge in [-0.2, -0.15) is 0 Å². The van der Waals surface area contributed by atoms with Crippen molar-refractivity contribution in [1.82, 2.24) is 4.90 Å². The monoisotopic (exact) mass is 410 g/mol. The molecule has 0 atom stereocenters. The second-order valence-electron chi connectivity index (χ2n) is 8.95. The third-order valence-electron chi connectivity index (χ3n) is 5.89. The third-order valence-corrected chi connectivity index (χ3v) is 10.4. The summed E-state index contributed by atoms with van der Waals surface area (Å²) in [4.78, 5) is 16.1. The van der Waals surface area contributed by atoms with Gasteiger partial charge in [0.15, 0.2) is 14.1 Å². The Balaban J connectivity index is 2.04. The van der Waals surface area contributed by atoms with Crippen molar-refractivity contribution in [2.45, 2.75) is 51.9 Å². The molecule has 1 heterocycles. The van der Waals surface area contributed by atoms with E-state index in [1.165, 1.54) is 0 Å². The Kier molecular flexibility index (Phi) is 7.64. The van der Waals surface area contributed by atoms with E-state index < -0.39 is 8.32 Å². The fraction of sp³-hybridized carbons (Fsp3) is 0.667. The summed E-state index contributed by atoms with van der Waals surface area (Å²) in [5.74, 6) is -0.244. The molecule has 1 aliphatic heterocycles. The van der Waals surface area contributed by atoms with Crippen LogP contribution in [0.3, 0.4) is 0 Å². The van der Waals surface area contributed by atoms with Crippen LogP contribution in [0.25, 0.3) is 0 Å². The maximum atomic E-state index is 15.2. The minimum Gasteiger partial charge on any atom is -0.412 e. The van der Waals surface area contributed by atoms with Gasteiger partial charge in [0, 0.05) is 38.9 Å². The van der Waals surface area contributed by atoms with Crippen molar-refractivity contribution in [3.63, 3.8) is 0 Å². The first kappa shape index (κ1) is 22.8. The summed E-state index contributed by atoms with van der Waals surface area (Å²) < 4.78 is 26.4. The smallest absolute Gasteiger partial charge is 0.242 e. The Morgan fingerprint density at radius 1 is 1.21 bits per heavy atom. The van der Waals surface area contributed by atoms with Crippen molar-refractivity contribution in [2.24, 2.45) is 0 Å². The molecule has 0 bridgehead atoms. The second-order valence-corrected chi connectivity index (χ2v) is 13.8. The summed E-state index contributed by atoms with van der Waals surface area (Å²) >= 11 is 0. The van der Waals surface area contributed by atoms with Crippen LogP contribution in [0.2, 0.25) is 18.1 Å². The molecule has 7 heteroatoms. The lowest BCUT2D eigenvalue weighted by atomic mass is 10.1. The van der Waals surface area contributed by atoms with E-state index in [2.05, 4.69) is 33.9 Å². The summed E-state index contributed by atoms with van der Waals surface area (Å²) in [5, 5.41) is 0.0760. The molecule has 2 rings (SSSR count). The molecule has 0 unspecified atom stereocenters. The van der Waals surface area contributed by atoms with E-state index in [1.807, 2.05) is 15.9 Å². The van der Waals surface area contributed by atoms with Gasteiger partial charge in [0.25, 0.3) is 0 Å². The Morgan fingerprint density at radius 3 is 2.54 bits per heavy atom. The van der Waals surface area contributed by atoms with Gasteiger partial charge >= 0.3 is 0 Å². The van der Waals surface area contributed by atoms with Crippen LogP contribution in [0.4, 0.5) is 10.1 Å². The number of methoxy groups -OCH3 is 1. The molecule has 0 aromatic heterocycles. The standard InChI is InChI=1S/C21H35FN2O3Si/c1-21(2,3)28(5,6)27-16-17-9-7-10-18(20(17)22)24-13-12-23(19(25)15-24)11-8-14-26-4/h7,9-10H,8,11-16H2,1-6H3. The first-order valence-electron chi connectivity index (χ1n) is 10.00. The average molecular weight is 411 g/mol. The lowest BCUT2D eigenvalue weighted by molar-refractivity contribution is -0.131. The van der Waals surface area contributed by atoms with Crippen LogP contribution >= 0.6 is 0 Å². The highest BCUT2D eigenvalue weighted by Gasteiger charge is 2.37. The van der Waals surface area contributed by atoms with Crippen LogP contribution in [0.5, 0.6) is 0 Å². The van der Waals surface area contributed by atoms with Gasteiger partial charge in [-0.25, -0.2) is 4.39 Å². The number of piperazine rings is 1. The largest absolute Gasteiger partial charge is 0.412 e. The van der Waals surface area contributed by atoms with Crippen LogP contribution in [-0.4, -0.2) is 59.0 Å². The molecule has 0 N–H and O–H groups in total. The highest BCUT2D eigenvalue weighted by Crippen LogP contribution is 2.37. The number of anilines is 1. The first-order valence-corrected chi connectivity index (χ1v) is 12.9. The Morgan fingerprint density at radius 2 is 1.93 bits per heavy atom. The lowest BCUT2D eigenvalue weighted by Gasteiger charge is -2.37. The maximum Gasteiger partial charge on any atom is 0.242 e. The van der Waals surface area contributed by atoms with E-state index in [1.54, 1.807) is 19.2 Å². The highest BCUT2D eigenvalue weighted by atomic mass is 28.4. The molecule has 158 valence electrons. The number of carbonyl (C=O) groups is 1. The van der Waals surface area contributed by atoms with Gasteiger partial charge in [0.2, 0.25) is 5.91 Å². The van der Waals surface area contributed by atoms with Gasteiger partial charge in [-0.3, -0.25) is 4.79 Å². The van der Waals surface area contributed by atoms with Crippen molar-refractivity contribution in [3.05, 3.63) is 29.6 Å². The van der Waals surface area contributed by atoms with Crippen LogP contribution in [-0.2, 0) is 20.6 Å². The predicted molar refractivity (Wildman–Crippen MR) is 114 cm³/mol. The predicted octanol–water partition coefficient (Wildman–Crippen LogP) is 4.03. The highest BCUT2D eigenvalue weighted by molar-refractivity contribution is 6.74. The van der Waals surface area contributed by atoms with Crippen LogP contribution in [0, 0.1) is 5.82 Å². The van der Waals surface area contributed by atoms with Crippen molar-refractivity contribution >= 4 is 19.9 Å². The third kappa shape index (κ3) is 5.55. The van der Waals surface area contributed by atoms with E-state index in [9.17, 15) is 4.79 Å². The molecule has 1 aromatic carbocycles. The Bertz CT molecular complexity index is 676. The molecule has 0 saturated carbocycles. The number of benzene rings is 1. The topological polar surface area (TPSA) is 42.0 Å². The second kappa shape index (κ2) is 9.37. The molecule has 0 aliphatic carbocycles. The molecule has 0 spiro atoms. The van der Waals surface area contributed by atoms with E-state index in [0.29, 0.717) is 37.5 Å². The fourth-order valence-corrected chi connectivity index (χ4v) is 3.90. The molecule has 1 aliphatic rings. The summed E-state index contributed by atoms with van der Waals surface area (Å²) in [5.41, 5.74) is 1.04. The zero-order chi connectivity index (χ0) is 20.9. The minimum atomic E-state index is -1.96. The van der Waals surface area contributed by atoms with E-state index in [-0.39, 0.29) is 29.9 Å². The lowest BCUT2D eigenvalue weighted by Crippen LogP contribution is -2.51. The minimum absolute atomic E-state index is 0.0321. The van der Waals surface area contributed by atoms with Crippen molar-refractivity contribution in [2.75, 3.05) is 44.8 Å². The number of carbonyl (C=O) groups excluding carboxylic acids is 1. The number of halogens is 1. The maximum absolute atomic E-state index is 15.2. The van der Waals surface area contributed by atoms with Gasteiger partial charge in [-0.15, -0.1) is 0 Å². The zero-order valence-corrected chi connectivity index (χ0v) is 19.2. The fourth-order valence-electron chi connectivity index (χ4n) is 2.95. The average Bonchev–Trinajstić information content (AvgIpc) is 2.61. The molecular weight excluding hydrogens is 375 g/mol. The van der Waals surface area contributed by atoms with E-state index >= 15 is 4.39 Å². The van der Waals surface area contributed by atoms with Crippen molar-refractivity contribution < 1.29 is 18.3 Å². The Labute approximate surface area is 169 Å². The van der Waals surface area contributed by atoms with Crippen molar-refractivity contribution in [3.8, 4) is 0 Å². The van der Waals surface area contributed by atoms with Gasteiger partial charge in [-0.05, 0) is 30.6 Å². The van der Waals surface area contributed by atoms with Crippen LogP contribution < -0.4 is 4.90 Å². The summed E-state index contributed by atoms with van der Waals surface area (Å²) in [7, 11) is -0.298. The molecule has 5 nitrogen and oxygen atoms in total. The summed E-state index contributed by atoms with van der Waals surface area (Å²) in [6.07, 6.45) is 0.816. The van der Waals surface area contributed by atoms with Gasteiger partial charge < -0.3 is 19.0 Å². The summed E-state index contributed by atoms with van der Waals surface area (Å²) in [6.45, 7) is 13.9. The number of hydrogen-bond donors (Lipinski definition) is 0. The normalized spacial score (nSPS) is 16.0. The van der Waals surface area contributed by atoms with Crippen LogP contribution in [0.1, 0.15) is 32.8 Å². The van der Waals surface area contributed by atoms with Crippen molar-refractivity contribution in [1.29, 1.82) is 0 Å². The summed E-state index contributed by atoms with van der Waals surface area (Å²) in [6, 6.07) is 5.37. The Hall–Kier alpha value is -1.44. The van der Waals surface area contributed by atoms with E-state index in [4.69, 9.17) is 9.16 Å². The first-order chi connectivity index (χ1) is 13.1. The molecule has 1 saturated heterocycles. The molecular formula is C21H35FN2O3Si. The van der Waals surface area contributed by atoms with E-state index in [0.717, 1.165) is 6.42 Å². The van der Waals surface area contributed by atoms with Gasteiger partial charge in [0.1, 0.15) is 0 Å². The van der Waals surface area contributed by atoms with Gasteiger partial charge in [0.05, 0.1) is 18.8 Å². The molecule has 1 amide bonds. The SMILES string of the molecule is COCCCN1CCN(c2cccc(CO[Si](C)(C)C(C)(C)C)c2F)CC1=O. The quantitative estimate of drug-likeness (QED) is 0.479. The molecule has 1 aromatic rings. The molecule has 1 fully saturated rings. The number of nitrogens with zero attached hydrogens (tertiary/aromatic N) is 2.